The molecule has 1 unspecified atom stereocenters. The minimum Gasteiger partial charge on any atom is -0.355 e. The highest BCUT2D eigenvalue weighted by molar-refractivity contribution is 5.85. The number of likely N-dealkylation sites (tertiary alicyclic amines) is 1. The first kappa shape index (κ1) is 20.3. The lowest BCUT2D eigenvalue weighted by Crippen LogP contribution is -2.43. The molecule has 1 amide bonds. The van der Waals surface area contributed by atoms with Crippen molar-refractivity contribution < 1.29 is 4.79 Å². The highest BCUT2D eigenvalue weighted by Crippen LogP contribution is 2.17. The Bertz CT molecular complexity index is 217. The fraction of sp³-hybridized carbons (Fsp3) is 0.917. The summed E-state index contributed by atoms with van der Waals surface area (Å²) in [6.45, 7) is 5.76. The third-order valence-electron chi connectivity index (χ3n) is 3.11. The quantitative estimate of drug-likeness (QED) is 0.702. The van der Waals surface area contributed by atoms with Crippen LogP contribution in [-0.4, -0.2) is 43.0 Å². The maximum Gasteiger partial charge on any atom is 0.237 e. The van der Waals surface area contributed by atoms with Crippen LogP contribution in [0.5, 0.6) is 0 Å². The third kappa shape index (κ3) is 6.78. The first-order valence-corrected chi connectivity index (χ1v) is 6.51. The molecule has 110 valence electrons. The molecule has 0 aromatic rings. The molecule has 1 saturated heterocycles. The van der Waals surface area contributed by atoms with Crippen LogP contribution in [0.3, 0.4) is 0 Å². The molecule has 0 saturated carbocycles. The van der Waals surface area contributed by atoms with Crippen LogP contribution >= 0.6 is 24.8 Å². The van der Waals surface area contributed by atoms with Gasteiger partial charge in [0.25, 0.3) is 0 Å². The van der Waals surface area contributed by atoms with E-state index in [0.29, 0.717) is 6.54 Å². The second-order valence-corrected chi connectivity index (χ2v) is 4.48. The standard InChI is InChI=1S/C12H25N3O.2ClH/c1-2-9-15-10-5-6-11(15)12(16)14-8-4-3-7-13;;/h11H,2-10,13H2,1H3,(H,14,16);2*1H. The predicted octanol–water partition coefficient (Wildman–Crippen LogP) is 1.56. The Kier molecular flexibility index (Phi) is 13.6. The second kappa shape index (κ2) is 12.0. The number of unbranched alkanes of at least 4 members (excludes halogenated alkanes) is 1. The molecule has 1 atom stereocenters. The van der Waals surface area contributed by atoms with Crippen molar-refractivity contribution in [2.75, 3.05) is 26.2 Å². The summed E-state index contributed by atoms with van der Waals surface area (Å²) in [5, 5.41) is 3.01. The Hall–Kier alpha value is -0.0300. The van der Waals surface area contributed by atoms with Gasteiger partial charge in [0.1, 0.15) is 0 Å². The van der Waals surface area contributed by atoms with Crippen LogP contribution < -0.4 is 11.1 Å². The molecule has 1 aliphatic rings. The third-order valence-corrected chi connectivity index (χ3v) is 3.11. The summed E-state index contributed by atoms with van der Waals surface area (Å²) in [7, 11) is 0. The number of carbonyl (C=O) groups is 1. The number of halogens is 2. The summed E-state index contributed by atoms with van der Waals surface area (Å²) in [5.74, 6) is 0.211. The topological polar surface area (TPSA) is 58.4 Å². The lowest BCUT2D eigenvalue weighted by molar-refractivity contribution is -0.125. The highest BCUT2D eigenvalue weighted by atomic mass is 35.5. The van der Waals surface area contributed by atoms with Crippen LogP contribution in [0.1, 0.15) is 39.0 Å². The van der Waals surface area contributed by atoms with Gasteiger partial charge >= 0.3 is 0 Å². The predicted molar refractivity (Wildman–Crippen MR) is 80.7 cm³/mol. The first-order chi connectivity index (χ1) is 7.79. The Morgan fingerprint density at radius 1 is 1.39 bits per heavy atom. The molecule has 0 bridgehead atoms. The monoisotopic (exact) mass is 299 g/mol. The Balaban J connectivity index is 0. The fourth-order valence-corrected chi connectivity index (χ4v) is 2.28. The molecule has 1 aliphatic heterocycles. The maximum absolute atomic E-state index is 11.9. The summed E-state index contributed by atoms with van der Waals surface area (Å²) in [5.41, 5.74) is 5.41. The summed E-state index contributed by atoms with van der Waals surface area (Å²) in [6.07, 6.45) is 5.27. The summed E-state index contributed by atoms with van der Waals surface area (Å²) < 4.78 is 0. The van der Waals surface area contributed by atoms with E-state index in [1.807, 2.05) is 0 Å². The van der Waals surface area contributed by atoms with E-state index in [4.69, 9.17) is 5.73 Å². The molecule has 1 heterocycles. The van der Waals surface area contributed by atoms with Crippen LogP contribution in [0.2, 0.25) is 0 Å². The number of nitrogens with one attached hydrogen (secondary N) is 1. The Labute approximate surface area is 123 Å². The van der Waals surface area contributed by atoms with Crippen LogP contribution in [0, 0.1) is 0 Å². The van der Waals surface area contributed by atoms with Gasteiger partial charge in [-0.1, -0.05) is 6.92 Å². The number of amides is 1. The zero-order valence-electron chi connectivity index (χ0n) is 11.2. The lowest BCUT2D eigenvalue weighted by atomic mass is 10.2. The van der Waals surface area contributed by atoms with Gasteiger partial charge in [-0.2, -0.15) is 0 Å². The molecular formula is C12H27Cl2N3O. The van der Waals surface area contributed by atoms with Crippen molar-refractivity contribution in [1.29, 1.82) is 0 Å². The molecule has 0 aliphatic carbocycles. The van der Waals surface area contributed by atoms with E-state index in [-0.39, 0.29) is 36.8 Å². The summed E-state index contributed by atoms with van der Waals surface area (Å²) in [6, 6.07) is 0.123. The largest absolute Gasteiger partial charge is 0.355 e. The van der Waals surface area contributed by atoms with Gasteiger partial charge in [0.15, 0.2) is 0 Å². The van der Waals surface area contributed by atoms with Crippen LogP contribution in [0.25, 0.3) is 0 Å². The molecule has 6 heteroatoms. The molecule has 1 fully saturated rings. The van der Waals surface area contributed by atoms with Crippen molar-refractivity contribution in [2.24, 2.45) is 5.73 Å². The average Bonchev–Trinajstić information content (AvgIpc) is 2.73. The van der Waals surface area contributed by atoms with Crippen LogP contribution in [-0.2, 0) is 4.79 Å². The van der Waals surface area contributed by atoms with Gasteiger partial charge in [-0.3, -0.25) is 9.69 Å². The number of nitrogens with zero attached hydrogens (tertiary/aromatic N) is 1. The Morgan fingerprint density at radius 2 is 2.11 bits per heavy atom. The lowest BCUT2D eigenvalue weighted by Gasteiger charge is -2.22. The van der Waals surface area contributed by atoms with Crippen molar-refractivity contribution >= 4 is 30.7 Å². The zero-order valence-corrected chi connectivity index (χ0v) is 12.8. The molecule has 0 spiro atoms. The molecule has 3 N–H and O–H groups in total. The molecular weight excluding hydrogens is 273 g/mol. The molecule has 0 radical (unpaired) electrons. The highest BCUT2D eigenvalue weighted by Gasteiger charge is 2.29. The number of hydrogen-bond acceptors (Lipinski definition) is 3. The minimum atomic E-state index is 0. The van der Waals surface area contributed by atoms with Crippen molar-refractivity contribution in [3.05, 3.63) is 0 Å². The molecule has 4 nitrogen and oxygen atoms in total. The van der Waals surface area contributed by atoms with Crippen molar-refractivity contribution in [3.8, 4) is 0 Å². The van der Waals surface area contributed by atoms with Gasteiger partial charge < -0.3 is 11.1 Å². The van der Waals surface area contributed by atoms with E-state index in [1.54, 1.807) is 0 Å². The summed E-state index contributed by atoms with van der Waals surface area (Å²) in [4.78, 5) is 14.2. The van der Waals surface area contributed by atoms with E-state index < -0.39 is 0 Å². The average molecular weight is 300 g/mol. The normalized spacial score (nSPS) is 18.9. The smallest absolute Gasteiger partial charge is 0.237 e. The van der Waals surface area contributed by atoms with Crippen LogP contribution in [0.15, 0.2) is 0 Å². The first-order valence-electron chi connectivity index (χ1n) is 6.51. The minimum absolute atomic E-state index is 0. The van der Waals surface area contributed by atoms with Crippen molar-refractivity contribution in [2.45, 2.75) is 45.1 Å². The second-order valence-electron chi connectivity index (χ2n) is 4.48. The van der Waals surface area contributed by atoms with Gasteiger partial charge in [-0.05, 0) is 51.7 Å². The number of carbonyl (C=O) groups excluding carboxylic acids is 1. The van der Waals surface area contributed by atoms with Gasteiger partial charge in [-0.25, -0.2) is 0 Å². The van der Waals surface area contributed by atoms with E-state index in [2.05, 4.69) is 17.1 Å². The van der Waals surface area contributed by atoms with Crippen molar-refractivity contribution in [3.63, 3.8) is 0 Å². The van der Waals surface area contributed by atoms with Gasteiger partial charge in [-0.15, -0.1) is 24.8 Å². The number of hydrogen-bond donors (Lipinski definition) is 2. The molecule has 0 aromatic heterocycles. The van der Waals surface area contributed by atoms with Gasteiger partial charge in [0.2, 0.25) is 5.91 Å². The van der Waals surface area contributed by atoms with Gasteiger partial charge in [0, 0.05) is 6.54 Å². The van der Waals surface area contributed by atoms with E-state index in [9.17, 15) is 4.79 Å². The number of rotatable bonds is 7. The molecule has 18 heavy (non-hydrogen) atoms. The van der Waals surface area contributed by atoms with Gasteiger partial charge in [0.05, 0.1) is 6.04 Å². The fourth-order valence-electron chi connectivity index (χ4n) is 2.28. The zero-order chi connectivity index (χ0) is 11.8. The van der Waals surface area contributed by atoms with Crippen molar-refractivity contribution in [1.82, 2.24) is 10.2 Å². The van der Waals surface area contributed by atoms with E-state index in [0.717, 1.165) is 51.7 Å². The van der Waals surface area contributed by atoms with E-state index >= 15 is 0 Å². The number of nitrogens with two attached hydrogens (primary N) is 1. The van der Waals surface area contributed by atoms with E-state index in [1.165, 1.54) is 0 Å². The maximum atomic E-state index is 11.9. The summed E-state index contributed by atoms with van der Waals surface area (Å²) >= 11 is 0. The SMILES string of the molecule is CCCN1CCCC1C(=O)NCCCCN.Cl.Cl. The molecule has 1 rings (SSSR count). The molecule has 0 aromatic carbocycles. The Morgan fingerprint density at radius 3 is 2.72 bits per heavy atom. The van der Waals surface area contributed by atoms with Crippen LogP contribution in [0.4, 0.5) is 0 Å².